The number of rotatable bonds is 6. The molecule has 16 heavy (non-hydrogen) atoms. The first kappa shape index (κ1) is 13.6. The number of benzene rings is 1. The average molecular weight is 290 g/mol. The fourth-order valence-electron chi connectivity index (χ4n) is 1.42. The van der Waals surface area contributed by atoms with Crippen LogP contribution in [0.15, 0.2) is 22.7 Å². The molecule has 0 aromatic heterocycles. The molecule has 4 heteroatoms. The third-order valence-corrected chi connectivity index (χ3v) is 2.71. The highest BCUT2D eigenvalue weighted by molar-refractivity contribution is 9.10. The zero-order valence-corrected chi connectivity index (χ0v) is 11.2. The maximum atomic E-state index is 13.4. The largest absolute Gasteiger partial charge is 0.377 e. The van der Waals surface area contributed by atoms with Gasteiger partial charge in [0.25, 0.3) is 0 Å². The van der Waals surface area contributed by atoms with E-state index in [0.717, 1.165) is 11.0 Å². The van der Waals surface area contributed by atoms with E-state index in [2.05, 4.69) is 21.2 Å². The summed E-state index contributed by atoms with van der Waals surface area (Å²) in [5.74, 6) is -0.189. The number of ether oxygens (including phenoxy) is 1. The zero-order valence-electron chi connectivity index (χ0n) is 9.59. The van der Waals surface area contributed by atoms with E-state index in [-0.39, 0.29) is 11.9 Å². The van der Waals surface area contributed by atoms with Crippen LogP contribution in [0, 0.1) is 5.82 Å². The monoisotopic (exact) mass is 289 g/mol. The minimum atomic E-state index is -0.189. The van der Waals surface area contributed by atoms with E-state index in [4.69, 9.17) is 4.74 Å². The Bertz CT molecular complexity index is 333. The molecular weight excluding hydrogens is 273 g/mol. The highest BCUT2D eigenvalue weighted by Crippen LogP contribution is 2.14. The quantitative estimate of drug-likeness (QED) is 0.869. The first-order chi connectivity index (χ1) is 7.63. The Morgan fingerprint density at radius 2 is 2.25 bits per heavy atom. The summed E-state index contributed by atoms with van der Waals surface area (Å²) in [5, 5.41) is 3.17. The van der Waals surface area contributed by atoms with Gasteiger partial charge in [-0.2, -0.15) is 0 Å². The van der Waals surface area contributed by atoms with Gasteiger partial charge in [0.1, 0.15) is 5.82 Å². The Kier molecular flexibility index (Phi) is 5.95. The molecule has 0 fully saturated rings. The number of nitrogens with one attached hydrogen (secondary N) is 1. The Hall–Kier alpha value is -0.450. The van der Waals surface area contributed by atoms with Crippen molar-refractivity contribution in [1.29, 1.82) is 0 Å². The minimum Gasteiger partial charge on any atom is -0.377 e. The first-order valence-corrected chi connectivity index (χ1v) is 6.19. The van der Waals surface area contributed by atoms with Gasteiger partial charge in [-0.25, -0.2) is 4.39 Å². The molecule has 90 valence electrons. The van der Waals surface area contributed by atoms with Crippen LogP contribution < -0.4 is 5.32 Å². The van der Waals surface area contributed by atoms with E-state index >= 15 is 0 Å². The van der Waals surface area contributed by atoms with Crippen LogP contribution in [0.1, 0.15) is 19.4 Å². The zero-order chi connectivity index (χ0) is 12.0. The number of halogens is 2. The van der Waals surface area contributed by atoms with Gasteiger partial charge in [-0.15, -0.1) is 0 Å². The lowest BCUT2D eigenvalue weighted by Gasteiger charge is -2.12. The van der Waals surface area contributed by atoms with E-state index in [1.807, 2.05) is 19.9 Å². The van der Waals surface area contributed by atoms with Crippen LogP contribution in [0.3, 0.4) is 0 Å². The second-order valence-electron chi connectivity index (χ2n) is 3.63. The Labute approximate surface area is 104 Å². The maximum Gasteiger partial charge on any atom is 0.128 e. The summed E-state index contributed by atoms with van der Waals surface area (Å²) in [5.41, 5.74) is 0.673. The molecule has 2 nitrogen and oxygen atoms in total. The molecular formula is C12H17BrFNO. The van der Waals surface area contributed by atoms with Crippen LogP contribution in [0.5, 0.6) is 0 Å². The van der Waals surface area contributed by atoms with Crippen molar-refractivity contribution >= 4 is 15.9 Å². The molecule has 0 heterocycles. The molecule has 1 aromatic carbocycles. The van der Waals surface area contributed by atoms with Gasteiger partial charge in [-0.05, 0) is 26.0 Å². The van der Waals surface area contributed by atoms with E-state index in [1.165, 1.54) is 6.07 Å². The van der Waals surface area contributed by atoms with Crippen molar-refractivity contribution in [2.75, 3.05) is 13.2 Å². The lowest BCUT2D eigenvalue weighted by Crippen LogP contribution is -2.26. The molecule has 0 aliphatic carbocycles. The summed E-state index contributed by atoms with van der Waals surface area (Å²) in [4.78, 5) is 0. The van der Waals surface area contributed by atoms with Gasteiger partial charge < -0.3 is 10.1 Å². The molecule has 0 aliphatic rings. The third-order valence-electron chi connectivity index (χ3n) is 2.21. The molecule has 0 amide bonds. The van der Waals surface area contributed by atoms with Crippen molar-refractivity contribution < 1.29 is 9.13 Å². The Morgan fingerprint density at radius 3 is 2.88 bits per heavy atom. The maximum absolute atomic E-state index is 13.4. The van der Waals surface area contributed by atoms with Crippen molar-refractivity contribution in [1.82, 2.24) is 5.32 Å². The Balaban J connectivity index is 2.37. The fraction of sp³-hybridized carbons (Fsp3) is 0.500. The van der Waals surface area contributed by atoms with Crippen molar-refractivity contribution in [3.63, 3.8) is 0 Å². The summed E-state index contributed by atoms with van der Waals surface area (Å²) in [6.45, 7) is 5.91. The van der Waals surface area contributed by atoms with Crippen LogP contribution in [0.25, 0.3) is 0 Å². The third kappa shape index (κ3) is 4.60. The molecule has 0 radical (unpaired) electrons. The molecule has 1 atom stereocenters. The molecule has 1 rings (SSSR count). The van der Waals surface area contributed by atoms with Crippen molar-refractivity contribution in [2.24, 2.45) is 0 Å². The van der Waals surface area contributed by atoms with E-state index < -0.39 is 0 Å². The minimum absolute atomic E-state index is 0.156. The number of hydrogen-bond acceptors (Lipinski definition) is 2. The lowest BCUT2D eigenvalue weighted by molar-refractivity contribution is 0.0759. The fourth-order valence-corrected chi connectivity index (χ4v) is 1.75. The molecule has 0 saturated carbocycles. The van der Waals surface area contributed by atoms with Crippen LogP contribution in [-0.4, -0.2) is 19.3 Å². The van der Waals surface area contributed by atoms with Crippen LogP contribution in [0.4, 0.5) is 4.39 Å². The second kappa shape index (κ2) is 6.99. The SMILES string of the molecule is CCOC(C)CNCc1ccc(Br)cc1F. The van der Waals surface area contributed by atoms with E-state index in [1.54, 1.807) is 6.07 Å². The summed E-state index contributed by atoms with van der Waals surface area (Å²) >= 11 is 3.23. The summed E-state index contributed by atoms with van der Waals surface area (Å²) in [6, 6.07) is 5.09. The molecule has 0 bridgehead atoms. The lowest BCUT2D eigenvalue weighted by atomic mass is 10.2. The van der Waals surface area contributed by atoms with E-state index in [9.17, 15) is 4.39 Å². The van der Waals surface area contributed by atoms with Crippen LogP contribution in [0.2, 0.25) is 0 Å². The van der Waals surface area contributed by atoms with Crippen LogP contribution in [-0.2, 0) is 11.3 Å². The standard InChI is InChI=1S/C12H17BrFNO/c1-3-16-9(2)7-15-8-10-4-5-11(13)6-12(10)14/h4-6,9,15H,3,7-8H2,1-2H3. The van der Waals surface area contributed by atoms with Crippen LogP contribution >= 0.6 is 15.9 Å². The van der Waals surface area contributed by atoms with Crippen molar-refractivity contribution in [3.8, 4) is 0 Å². The predicted molar refractivity (Wildman–Crippen MR) is 66.9 cm³/mol. The summed E-state index contributed by atoms with van der Waals surface area (Å²) < 4.78 is 19.5. The second-order valence-corrected chi connectivity index (χ2v) is 4.55. The first-order valence-electron chi connectivity index (χ1n) is 5.39. The van der Waals surface area contributed by atoms with Gasteiger partial charge >= 0.3 is 0 Å². The highest BCUT2D eigenvalue weighted by Gasteiger charge is 2.04. The molecule has 0 spiro atoms. The molecule has 0 saturated heterocycles. The van der Waals surface area contributed by atoms with Gasteiger partial charge in [-0.3, -0.25) is 0 Å². The van der Waals surface area contributed by atoms with Crippen molar-refractivity contribution in [3.05, 3.63) is 34.1 Å². The Morgan fingerprint density at radius 1 is 1.50 bits per heavy atom. The van der Waals surface area contributed by atoms with Gasteiger partial charge in [0, 0.05) is 29.7 Å². The van der Waals surface area contributed by atoms with Gasteiger partial charge in [0.05, 0.1) is 6.10 Å². The summed E-state index contributed by atoms with van der Waals surface area (Å²) in [7, 11) is 0. The van der Waals surface area contributed by atoms with Gasteiger partial charge in [-0.1, -0.05) is 22.0 Å². The van der Waals surface area contributed by atoms with Gasteiger partial charge in [0.2, 0.25) is 0 Å². The molecule has 0 aliphatic heterocycles. The normalized spacial score (nSPS) is 12.8. The smallest absolute Gasteiger partial charge is 0.128 e. The predicted octanol–water partition coefficient (Wildman–Crippen LogP) is 3.10. The number of hydrogen-bond donors (Lipinski definition) is 1. The van der Waals surface area contributed by atoms with Gasteiger partial charge in [0.15, 0.2) is 0 Å². The highest BCUT2D eigenvalue weighted by atomic mass is 79.9. The topological polar surface area (TPSA) is 21.3 Å². The summed E-state index contributed by atoms with van der Waals surface area (Å²) in [6.07, 6.45) is 0.156. The average Bonchev–Trinajstić information content (AvgIpc) is 2.22. The molecule has 1 aromatic rings. The molecule has 1 N–H and O–H groups in total. The molecule has 1 unspecified atom stereocenters. The van der Waals surface area contributed by atoms with E-state index in [0.29, 0.717) is 18.7 Å². The van der Waals surface area contributed by atoms with Crippen molar-refractivity contribution in [2.45, 2.75) is 26.5 Å².